The Bertz CT molecular complexity index is 742. The first kappa shape index (κ1) is 17.5. The van der Waals surface area contributed by atoms with Crippen LogP contribution in [0.5, 0.6) is 5.75 Å². The Kier molecular flexibility index (Phi) is 5.24. The van der Waals surface area contributed by atoms with E-state index in [0.29, 0.717) is 12.1 Å². The minimum Gasteiger partial charge on any atom is -0.496 e. The highest BCUT2D eigenvalue weighted by Gasteiger charge is 2.15. The second kappa shape index (κ2) is 7.17. The van der Waals surface area contributed by atoms with Crippen molar-refractivity contribution in [2.24, 2.45) is 0 Å². The van der Waals surface area contributed by atoms with Gasteiger partial charge in [0, 0.05) is 19.2 Å². The summed E-state index contributed by atoms with van der Waals surface area (Å²) in [6.07, 6.45) is 0. The molecule has 126 valence electrons. The van der Waals surface area contributed by atoms with Crippen molar-refractivity contribution >= 4 is 11.9 Å². The lowest BCUT2D eigenvalue weighted by molar-refractivity contribution is 0.0695. The zero-order chi connectivity index (χ0) is 17.9. The van der Waals surface area contributed by atoms with E-state index in [1.165, 1.54) is 12.1 Å². The molecule has 0 heterocycles. The number of ether oxygens (including phenoxy) is 1. The molecule has 0 atom stereocenters. The molecular weight excluding hydrogens is 306 g/mol. The molecule has 5 nitrogen and oxygen atoms in total. The van der Waals surface area contributed by atoms with E-state index in [0.717, 1.165) is 22.4 Å². The van der Waals surface area contributed by atoms with Crippen molar-refractivity contribution in [3.63, 3.8) is 0 Å². The Morgan fingerprint density at radius 2 is 1.58 bits per heavy atom. The number of aromatic carboxylic acids is 1. The molecule has 0 aliphatic rings. The molecule has 24 heavy (non-hydrogen) atoms. The predicted molar refractivity (Wildman–Crippen MR) is 91.7 cm³/mol. The van der Waals surface area contributed by atoms with Crippen molar-refractivity contribution in [3.8, 4) is 5.75 Å². The van der Waals surface area contributed by atoms with Gasteiger partial charge in [-0.15, -0.1) is 0 Å². The third-order valence-corrected chi connectivity index (χ3v) is 3.88. The average Bonchev–Trinajstić information content (AvgIpc) is 2.54. The maximum atomic E-state index is 12.6. The summed E-state index contributed by atoms with van der Waals surface area (Å²) in [5.74, 6) is -0.264. The number of methoxy groups -OCH3 is 1. The summed E-state index contributed by atoms with van der Waals surface area (Å²) < 4.78 is 5.32. The quantitative estimate of drug-likeness (QED) is 0.915. The third kappa shape index (κ3) is 3.74. The number of nitrogens with zero attached hydrogens (tertiary/aromatic N) is 1. The molecule has 0 bridgehead atoms. The molecular formula is C19H21NO4. The maximum Gasteiger partial charge on any atom is 0.335 e. The Morgan fingerprint density at radius 3 is 2.04 bits per heavy atom. The van der Waals surface area contributed by atoms with Gasteiger partial charge in [-0.25, -0.2) is 4.79 Å². The Hall–Kier alpha value is -2.82. The van der Waals surface area contributed by atoms with Crippen LogP contribution in [0.4, 0.5) is 0 Å². The minimum atomic E-state index is -0.963. The number of carbonyl (C=O) groups excluding carboxylic acids is 1. The molecule has 0 fully saturated rings. The monoisotopic (exact) mass is 327 g/mol. The summed E-state index contributed by atoms with van der Waals surface area (Å²) in [5, 5.41) is 8.91. The second-order valence-corrected chi connectivity index (χ2v) is 5.81. The van der Waals surface area contributed by atoms with Crippen molar-refractivity contribution < 1.29 is 19.4 Å². The highest BCUT2D eigenvalue weighted by Crippen LogP contribution is 2.25. The first-order chi connectivity index (χ1) is 11.3. The van der Waals surface area contributed by atoms with Crippen LogP contribution < -0.4 is 4.74 Å². The molecule has 0 saturated carbocycles. The molecule has 0 aliphatic heterocycles. The van der Waals surface area contributed by atoms with Crippen LogP contribution in [0, 0.1) is 13.8 Å². The molecule has 0 saturated heterocycles. The van der Waals surface area contributed by atoms with E-state index in [9.17, 15) is 9.59 Å². The summed E-state index contributed by atoms with van der Waals surface area (Å²) in [6.45, 7) is 4.23. The summed E-state index contributed by atoms with van der Waals surface area (Å²) in [7, 11) is 3.34. The highest BCUT2D eigenvalue weighted by molar-refractivity contribution is 5.94. The van der Waals surface area contributed by atoms with Crippen molar-refractivity contribution in [2.75, 3.05) is 14.2 Å². The predicted octanol–water partition coefficient (Wildman–Crippen LogP) is 3.28. The van der Waals surface area contributed by atoms with Crippen LogP contribution in [0.2, 0.25) is 0 Å². The molecule has 0 radical (unpaired) electrons. The van der Waals surface area contributed by atoms with Gasteiger partial charge in [-0.3, -0.25) is 4.79 Å². The molecule has 0 spiro atoms. The third-order valence-electron chi connectivity index (χ3n) is 3.88. The fourth-order valence-electron chi connectivity index (χ4n) is 2.71. The maximum absolute atomic E-state index is 12.6. The number of amides is 1. The van der Waals surface area contributed by atoms with Crippen LogP contribution in [0.15, 0.2) is 36.4 Å². The van der Waals surface area contributed by atoms with Crippen LogP contribution in [-0.4, -0.2) is 36.0 Å². The van der Waals surface area contributed by atoms with Gasteiger partial charge < -0.3 is 14.7 Å². The lowest BCUT2D eigenvalue weighted by Crippen LogP contribution is -2.26. The molecule has 1 amide bonds. The van der Waals surface area contributed by atoms with Gasteiger partial charge in [0.2, 0.25) is 0 Å². The van der Waals surface area contributed by atoms with Gasteiger partial charge in [-0.2, -0.15) is 0 Å². The summed E-state index contributed by atoms with van der Waals surface area (Å²) in [5.41, 5.74) is 3.54. The summed E-state index contributed by atoms with van der Waals surface area (Å²) in [4.78, 5) is 25.1. The number of aryl methyl sites for hydroxylation is 2. The van der Waals surface area contributed by atoms with Crippen LogP contribution >= 0.6 is 0 Å². The number of carboxylic acid groups (broad SMARTS) is 1. The molecule has 5 heteroatoms. The molecule has 2 aromatic rings. The fraction of sp³-hybridized carbons (Fsp3) is 0.263. The van der Waals surface area contributed by atoms with Crippen molar-refractivity contribution in [2.45, 2.75) is 20.4 Å². The van der Waals surface area contributed by atoms with Crippen molar-refractivity contribution in [1.29, 1.82) is 0 Å². The molecule has 1 N–H and O–H groups in total. The van der Waals surface area contributed by atoms with E-state index in [2.05, 4.69) is 0 Å². The Balaban J connectivity index is 2.16. The van der Waals surface area contributed by atoms with E-state index < -0.39 is 5.97 Å². The second-order valence-electron chi connectivity index (χ2n) is 5.81. The van der Waals surface area contributed by atoms with Crippen LogP contribution in [-0.2, 0) is 6.54 Å². The Labute approximate surface area is 141 Å². The largest absolute Gasteiger partial charge is 0.496 e. The van der Waals surface area contributed by atoms with Gasteiger partial charge in [0.15, 0.2) is 0 Å². The number of carboxylic acids is 1. The molecule has 2 rings (SSSR count). The topological polar surface area (TPSA) is 66.8 Å². The van der Waals surface area contributed by atoms with E-state index in [-0.39, 0.29) is 11.5 Å². The normalized spacial score (nSPS) is 10.3. The standard InChI is InChI=1S/C19H21NO4/c1-12-9-16(10-13(2)17(12)24-4)18(21)20(3)11-14-5-7-15(8-6-14)19(22)23/h5-10H,11H2,1-4H3,(H,22,23). The number of hydrogen-bond donors (Lipinski definition) is 1. The fourth-order valence-corrected chi connectivity index (χ4v) is 2.71. The first-order valence-corrected chi connectivity index (χ1v) is 7.56. The van der Waals surface area contributed by atoms with Crippen LogP contribution in [0.3, 0.4) is 0 Å². The lowest BCUT2D eigenvalue weighted by Gasteiger charge is -2.19. The van der Waals surface area contributed by atoms with Gasteiger partial charge in [-0.05, 0) is 54.8 Å². The van der Waals surface area contributed by atoms with Crippen LogP contribution in [0.1, 0.15) is 37.4 Å². The zero-order valence-corrected chi connectivity index (χ0v) is 14.3. The van der Waals surface area contributed by atoms with E-state index in [1.54, 1.807) is 31.2 Å². The van der Waals surface area contributed by atoms with Crippen molar-refractivity contribution in [1.82, 2.24) is 4.90 Å². The van der Waals surface area contributed by atoms with Crippen LogP contribution in [0.25, 0.3) is 0 Å². The lowest BCUT2D eigenvalue weighted by atomic mass is 10.0. The smallest absolute Gasteiger partial charge is 0.335 e. The summed E-state index contributed by atoms with van der Waals surface area (Å²) >= 11 is 0. The number of rotatable bonds is 5. The van der Waals surface area contributed by atoms with Crippen molar-refractivity contribution in [3.05, 3.63) is 64.2 Å². The zero-order valence-electron chi connectivity index (χ0n) is 14.3. The van der Waals surface area contributed by atoms with Gasteiger partial charge in [0.05, 0.1) is 12.7 Å². The number of benzene rings is 2. The van der Waals surface area contributed by atoms with Gasteiger partial charge in [0.25, 0.3) is 5.91 Å². The van der Waals surface area contributed by atoms with E-state index in [4.69, 9.17) is 9.84 Å². The molecule has 2 aromatic carbocycles. The Morgan fingerprint density at radius 1 is 1.04 bits per heavy atom. The van der Waals surface area contributed by atoms with E-state index in [1.807, 2.05) is 26.0 Å². The molecule has 0 aromatic heterocycles. The van der Waals surface area contributed by atoms with Gasteiger partial charge in [-0.1, -0.05) is 12.1 Å². The highest BCUT2D eigenvalue weighted by atomic mass is 16.5. The minimum absolute atomic E-state index is 0.0915. The van der Waals surface area contributed by atoms with Gasteiger partial charge in [0.1, 0.15) is 5.75 Å². The average molecular weight is 327 g/mol. The SMILES string of the molecule is COc1c(C)cc(C(=O)N(C)Cc2ccc(C(=O)O)cc2)cc1C. The number of hydrogen-bond acceptors (Lipinski definition) is 3. The molecule has 0 aliphatic carbocycles. The summed E-state index contributed by atoms with van der Waals surface area (Å²) in [6, 6.07) is 10.2. The molecule has 0 unspecified atom stereocenters. The number of carbonyl (C=O) groups is 2. The van der Waals surface area contributed by atoms with E-state index >= 15 is 0 Å². The first-order valence-electron chi connectivity index (χ1n) is 7.56. The van der Waals surface area contributed by atoms with Gasteiger partial charge >= 0.3 is 5.97 Å².